The summed E-state index contributed by atoms with van der Waals surface area (Å²) in [5.41, 5.74) is 1.90. The summed E-state index contributed by atoms with van der Waals surface area (Å²) in [5, 5.41) is 12.2. The molecule has 1 aliphatic rings. The maximum absolute atomic E-state index is 12.3. The van der Waals surface area contributed by atoms with Crippen LogP contribution in [0.25, 0.3) is 0 Å². The van der Waals surface area contributed by atoms with E-state index in [0.717, 1.165) is 11.3 Å². The zero-order chi connectivity index (χ0) is 16.4. The Morgan fingerprint density at radius 3 is 2.74 bits per heavy atom. The molecule has 2 aromatic rings. The Hall–Kier alpha value is -2.89. The number of nitrogens with zero attached hydrogens (tertiary/aromatic N) is 2. The van der Waals surface area contributed by atoms with Gasteiger partial charge in [-0.25, -0.2) is 4.98 Å². The first-order chi connectivity index (χ1) is 11.0. The molecule has 1 aliphatic heterocycles. The van der Waals surface area contributed by atoms with E-state index in [2.05, 4.69) is 10.3 Å². The van der Waals surface area contributed by atoms with Crippen molar-refractivity contribution in [2.45, 2.75) is 13.3 Å². The minimum Gasteiger partial charge on any atom is -0.504 e. The van der Waals surface area contributed by atoms with E-state index in [9.17, 15) is 14.7 Å². The molecule has 1 unspecified atom stereocenters. The van der Waals surface area contributed by atoms with Gasteiger partial charge in [0, 0.05) is 24.8 Å². The number of benzene rings is 1. The van der Waals surface area contributed by atoms with Crippen molar-refractivity contribution in [1.29, 1.82) is 0 Å². The molecular formula is C17H17N3O3. The molecule has 6 nitrogen and oxygen atoms in total. The van der Waals surface area contributed by atoms with Crippen LogP contribution in [0.3, 0.4) is 0 Å². The van der Waals surface area contributed by atoms with Gasteiger partial charge in [0.15, 0.2) is 11.6 Å². The van der Waals surface area contributed by atoms with E-state index in [-0.39, 0.29) is 29.8 Å². The van der Waals surface area contributed by atoms with Gasteiger partial charge in [-0.1, -0.05) is 17.7 Å². The molecule has 2 amide bonds. The summed E-state index contributed by atoms with van der Waals surface area (Å²) >= 11 is 0. The molecule has 1 fully saturated rings. The Balaban J connectivity index is 1.71. The van der Waals surface area contributed by atoms with Gasteiger partial charge < -0.3 is 15.3 Å². The normalized spacial score (nSPS) is 17.3. The molecule has 118 valence electrons. The van der Waals surface area contributed by atoms with Crippen molar-refractivity contribution in [1.82, 2.24) is 4.98 Å². The molecule has 3 rings (SSSR count). The highest BCUT2D eigenvalue weighted by molar-refractivity contribution is 6.03. The van der Waals surface area contributed by atoms with Crippen LogP contribution >= 0.6 is 0 Å². The molecule has 2 heterocycles. The number of hydrogen-bond acceptors (Lipinski definition) is 4. The topological polar surface area (TPSA) is 82.5 Å². The second-order valence-corrected chi connectivity index (χ2v) is 5.60. The van der Waals surface area contributed by atoms with Crippen molar-refractivity contribution in [3.63, 3.8) is 0 Å². The summed E-state index contributed by atoms with van der Waals surface area (Å²) in [5.74, 6) is -0.856. The second-order valence-electron chi connectivity index (χ2n) is 5.60. The Bertz CT molecular complexity index is 743. The second kappa shape index (κ2) is 6.08. The van der Waals surface area contributed by atoms with Gasteiger partial charge in [0.25, 0.3) is 0 Å². The van der Waals surface area contributed by atoms with Gasteiger partial charge >= 0.3 is 0 Å². The minimum absolute atomic E-state index is 0.0840. The Morgan fingerprint density at radius 2 is 2.04 bits per heavy atom. The van der Waals surface area contributed by atoms with E-state index in [0.29, 0.717) is 6.54 Å². The largest absolute Gasteiger partial charge is 0.504 e. The molecule has 0 spiro atoms. The minimum atomic E-state index is -0.467. The van der Waals surface area contributed by atoms with Crippen molar-refractivity contribution in [3.05, 3.63) is 48.2 Å². The van der Waals surface area contributed by atoms with Gasteiger partial charge in [0.2, 0.25) is 11.8 Å². The third kappa shape index (κ3) is 3.15. The lowest BCUT2D eigenvalue weighted by Gasteiger charge is -2.17. The fourth-order valence-electron chi connectivity index (χ4n) is 2.57. The predicted octanol–water partition coefficient (Wildman–Crippen LogP) is 2.09. The van der Waals surface area contributed by atoms with Gasteiger partial charge in [0.1, 0.15) is 0 Å². The standard InChI is InChI=1S/C17H17N3O3/c1-11-4-6-13(7-5-11)20-10-12(9-15(20)22)17(23)19-16-14(21)3-2-8-18-16/h2-8,12,21H,9-10H2,1H3,(H,18,19,23). The van der Waals surface area contributed by atoms with Crippen LogP contribution in [0.4, 0.5) is 11.5 Å². The van der Waals surface area contributed by atoms with Crippen LogP contribution in [0.15, 0.2) is 42.6 Å². The van der Waals surface area contributed by atoms with Crippen LogP contribution in [-0.2, 0) is 9.59 Å². The number of aromatic nitrogens is 1. The Kier molecular flexibility index (Phi) is 3.97. The number of rotatable bonds is 3. The van der Waals surface area contributed by atoms with Gasteiger partial charge in [-0.2, -0.15) is 0 Å². The molecule has 1 saturated heterocycles. The lowest BCUT2D eigenvalue weighted by molar-refractivity contribution is -0.122. The van der Waals surface area contributed by atoms with Crippen LogP contribution < -0.4 is 10.2 Å². The third-order valence-electron chi connectivity index (χ3n) is 3.87. The predicted molar refractivity (Wildman–Crippen MR) is 86.2 cm³/mol. The number of aryl methyl sites for hydroxylation is 1. The number of carbonyl (C=O) groups excluding carboxylic acids is 2. The maximum atomic E-state index is 12.3. The van der Waals surface area contributed by atoms with Crippen molar-refractivity contribution >= 4 is 23.3 Å². The SMILES string of the molecule is Cc1ccc(N2CC(C(=O)Nc3ncccc3O)CC2=O)cc1. The fraction of sp³-hybridized carbons (Fsp3) is 0.235. The fourth-order valence-corrected chi connectivity index (χ4v) is 2.57. The average molecular weight is 311 g/mol. The molecule has 6 heteroatoms. The van der Waals surface area contributed by atoms with E-state index in [4.69, 9.17) is 0 Å². The first-order valence-electron chi connectivity index (χ1n) is 7.36. The Labute approximate surface area is 133 Å². The molecule has 1 atom stereocenters. The molecule has 0 saturated carbocycles. The number of anilines is 2. The van der Waals surface area contributed by atoms with Crippen molar-refractivity contribution in [3.8, 4) is 5.75 Å². The lowest BCUT2D eigenvalue weighted by atomic mass is 10.1. The van der Waals surface area contributed by atoms with Gasteiger partial charge in [-0.3, -0.25) is 9.59 Å². The quantitative estimate of drug-likeness (QED) is 0.909. The third-order valence-corrected chi connectivity index (χ3v) is 3.87. The first-order valence-corrected chi connectivity index (χ1v) is 7.36. The summed E-state index contributed by atoms with van der Waals surface area (Å²) in [6.45, 7) is 2.30. The molecule has 0 aliphatic carbocycles. The Morgan fingerprint density at radius 1 is 1.30 bits per heavy atom. The van der Waals surface area contributed by atoms with Crippen molar-refractivity contribution in [2.75, 3.05) is 16.8 Å². The summed E-state index contributed by atoms with van der Waals surface area (Å²) in [6, 6.07) is 10.6. The van der Waals surface area contributed by atoms with E-state index < -0.39 is 5.92 Å². The van der Waals surface area contributed by atoms with Crippen molar-refractivity contribution < 1.29 is 14.7 Å². The van der Waals surface area contributed by atoms with Gasteiger partial charge in [0.05, 0.1) is 5.92 Å². The van der Waals surface area contributed by atoms with E-state index in [1.807, 2.05) is 31.2 Å². The monoisotopic (exact) mass is 311 g/mol. The van der Waals surface area contributed by atoms with Crippen LogP contribution in [0.5, 0.6) is 5.75 Å². The number of nitrogens with one attached hydrogen (secondary N) is 1. The highest BCUT2D eigenvalue weighted by Crippen LogP contribution is 2.27. The molecule has 2 N–H and O–H groups in total. The highest BCUT2D eigenvalue weighted by Gasteiger charge is 2.35. The van der Waals surface area contributed by atoms with Crippen LogP contribution in [-0.4, -0.2) is 28.4 Å². The molecule has 0 radical (unpaired) electrons. The smallest absolute Gasteiger partial charge is 0.231 e. The summed E-state index contributed by atoms with van der Waals surface area (Å²) < 4.78 is 0. The molecule has 1 aromatic heterocycles. The number of aromatic hydroxyl groups is 1. The number of hydrogen-bond donors (Lipinski definition) is 2. The summed E-state index contributed by atoms with van der Waals surface area (Å²) in [7, 11) is 0. The summed E-state index contributed by atoms with van der Waals surface area (Å²) in [4.78, 5) is 30.0. The molecular weight excluding hydrogens is 294 g/mol. The molecule has 0 bridgehead atoms. The van der Waals surface area contributed by atoms with Gasteiger partial charge in [-0.15, -0.1) is 0 Å². The van der Waals surface area contributed by atoms with Crippen molar-refractivity contribution in [2.24, 2.45) is 5.92 Å². The molecule has 1 aromatic carbocycles. The van der Waals surface area contributed by atoms with Crippen LogP contribution in [0.2, 0.25) is 0 Å². The zero-order valence-electron chi connectivity index (χ0n) is 12.7. The number of carbonyl (C=O) groups is 2. The first kappa shape index (κ1) is 15.0. The average Bonchev–Trinajstić information content (AvgIpc) is 2.92. The zero-order valence-corrected chi connectivity index (χ0v) is 12.7. The number of pyridine rings is 1. The summed E-state index contributed by atoms with van der Waals surface area (Å²) in [6.07, 6.45) is 1.63. The molecule has 23 heavy (non-hydrogen) atoms. The van der Waals surface area contributed by atoms with Crippen LogP contribution in [0.1, 0.15) is 12.0 Å². The van der Waals surface area contributed by atoms with E-state index >= 15 is 0 Å². The van der Waals surface area contributed by atoms with Crippen LogP contribution in [0, 0.1) is 12.8 Å². The highest BCUT2D eigenvalue weighted by atomic mass is 16.3. The van der Waals surface area contributed by atoms with E-state index in [1.54, 1.807) is 11.0 Å². The number of amides is 2. The lowest BCUT2D eigenvalue weighted by Crippen LogP contribution is -2.28. The van der Waals surface area contributed by atoms with E-state index in [1.165, 1.54) is 12.3 Å². The maximum Gasteiger partial charge on any atom is 0.231 e. The van der Waals surface area contributed by atoms with Gasteiger partial charge in [-0.05, 0) is 31.2 Å².